The molecule has 0 saturated carbocycles. The lowest BCUT2D eigenvalue weighted by Gasteiger charge is -2.29. The Morgan fingerprint density at radius 2 is 1.92 bits per heavy atom. The molecule has 0 unspecified atom stereocenters. The first-order valence-electron chi connectivity index (χ1n) is 13.1. The van der Waals surface area contributed by atoms with E-state index >= 15 is 0 Å². The fourth-order valence-electron chi connectivity index (χ4n) is 5.06. The lowest BCUT2D eigenvalue weighted by molar-refractivity contribution is -0.384. The smallest absolute Gasteiger partial charge is 0.293 e. The van der Waals surface area contributed by atoms with E-state index in [1.54, 1.807) is 24.1 Å². The van der Waals surface area contributed by atoms with Crippen molar-refractivity contribution >= 4 is 44.0 Å². The summed E-state index contributed by atoms with van der Waals surface area (Å²) in [7, 11) is 1.62. The molecule has 1 amide bonds. The predicted octanol–water partition coefficient (Wildman–Crippen LogP) is 4.57. The molecule has 0 atom stereocenters. The number of aromatic nitrogens is 1. The molecule has 11 heteroatoms. The van der Waals surface area contributed by atoms with Crippen molar-refractivity contribution in [2.24, 2.45) is 0 Å². The van der Waals surface area contributed by atoms with E-state index in [1.807, 2.05) is 18.2 Å². The van der Waals surface area contributed by atoms with E-state index in [4.69, 9.17) is 14.5 Å². The van der Waals surface area contributed by atoms with Gasteiger partial charge in [-0.1, -0.05) is 11.3 Å². The molecule has 2 saturated heterocycles. The molecule has 2 aromatic carbocycles. The normalized spacial score (nSPS) is 16.5. The number of fused-ring (bicyclic) bond motifs is 1. The third-order valence-corrected chi connectivity index (χ3v) is 8.18. The second-order valence-electron chi connectivity index (χ2n) is 9.60. The average Bonchev–Trinajstić information content (AvgIpc) is 3.38. The average molecular weight is 540 g/mol. The highest BCUT2D eigenvalue weighted by atomic mass is 32.1. The van der Waals surface area contributed by atoms with Crippen LogP contribution in [0.3, 0.4) is 0 Å². The number of thiazole rings is 1. The number of rotatable bonds is 9. The van der Waals surface area contributed by atoms with Gasteiger partial charge in [0.05, 0.1) is 35.5 Å². The lowest BCUT2D eigenvalue weighted by atomic mass is 10.1. The summed E-state index contributed by atoms with van der Waals surface area (Å²) in [5.74, 6) is 0.438. The number of nitro groups is 1. The van der Waals surface area contributed by atoms with Gasteiger partial charge in [-0.25, -0.2) is 4.98 Å². The van der Waals surface area contributed by atoms with E-state index in [9.17, 15) is 14.9 Å². The first-order chi connectivity index (χ1) is 18.5. The molecule has 3 heterocycles. The van der Waals surface area contributed by atoms with Gasteiger partial charge in [0.15, 0.2) is 5.13 Å². The van der Waals surface area contributed by atoms with Crippen molar-refractivity contribution in [3.05, 3.63) is 52.1 Å². The number of benzene rings is 2. The number of carbonyl (C=O) groups excluding carboxylic acids is 1. The number of ether oxygens (including phenoxy) is 2. The summed E-state index contributed by atoms with van der Waals surface area (Å²) in [6.45, 7) is 6.05. The number of piperidine rings is 1. The maximum Gasteiger partial charge on any atom is 0.293 e. The third kappa shape index (κ3) is 5.90. The molecule has 5 rings (SSSR count). The van der Waals surface area contributed by atoms with Gasteiger partial charge in [-0.05, 0) is 56.0 Å². The molecule has 0 N–H and O–H groups in total. The Kier molecular flexibility index (Phi) is 8.35. The van der Waals surface area contributed by atoms with Crippen molar-refractivity contribution in [2.75, 3.05) is 69.4 Å². The summed E-state index contributed by atoms with van der Waals surface area (Å²) < 4.78 is 11.7. The number of hydrogen-bond donors (Lipinski definition) is 0. The summed E-state index contributed by atoms with van der Waals surface area (Å²) in [6.07, 6.45) is 3.90. The van der Waals surface area contributed by atoms with E-state index in [2.05, 4.69) is 9.80 Å². The summed E-state index contributed by atoms with van der Waals surface area (Å²) in [5.41, 5.74) is 1.63. The molecule has 10 nitrogen and oxygen atoms in total. The van der Waals surface area contributed by atoms with Crippen molar-refractivity contribution in [3.63, 3.8) is 0 Å². The van der Waals surface area contributed by atoms with Crippen molar-refractivity contribution < 1.29 is 19.2 Å². The van der Waals surface area contributed by atoms with E-state index < -0.39 is 0 Å². The Bertz CT molecular complexity index is 1290. The van der Waals surface area contributed by atoms with Gasteiger partial charge in [0.25, 0.3) is 11.6 Å². The van der Waals surface area contributed by atoms with Crippen molar-refractivity contribution in [3.8, 4) is 5.75 Å². The minimum atomic E-state index is -0.381. The second-order valence-corrected chi connectivity index (χ2v) is 10.6. The number of anilines is 2. The molecule has 2 aliphatic heterocycles. The number of hydrogen-bond acceptors (Lipinski definition) is 9. The molecule has 3 aromatic rings. The standard InChI is InChI=1S/C27H33N5O5S/c1-36-21-7-8-22-25(19-21)38-27(28-22)31(13-5-10-29-14-16-37-17-15-29)26(33)20-6-9-23(24(18-20)32(34)35)30-11-3-2-4-12-30/h6-9,18-19H,2-5,10-17H2,1H3. The van der Waals surface area contributed by atoms with Crippen LogP contribution < -0.4 is 14.5 Å². The van der Waals surface area contributed by atoms with Crippen LogP contribution in [-0.4, -0.2) is 80.3 Å². The Morgan fingerprint density at radius 3 is 2.66 bits per heavy atom. The van der Waals surface area contributed by atoms with E-state index in [1.165, 1.54) is 17.4 Å². The lowest BCUT2D eigenvalue weighted by Crippen LogP contribution is -2.39. The number of nitro benzene ring substituents is 1. The van der Waals surface area contributed by atoms with Crippen LogP contribution in [0, 0.1) is 10.1 Å². The number of methoxy groups -OCH3 is 1. The molecule has 0 spiro atoms. The fourth-order valence-corrected chi connectivity index (χ4v) is 6.08. The second kappa shape index (κ2) is 12.1. The topological polar surface area (TPSA) is 101 Å². The third-order valence-electron chi connectivity index (χ3n) is 7.14. The van der Waals surface area contributed by atoms with Crippen molar-refractivity contribution in [1.82, 2.24) is 9.88 Å². The molecule has 2 aliphatic rings. The van der Waals surface area contributed by atoms with Crippen LogP contribution in [-0.2, 0) is 4.74 Å². The van der Waals surface area contributed by atoms with Crippen LogP contribution in [0.4, 0.5) is 16.5 Å². The predicted molar refractivity (Wildman–Crippen MR) is 149 cm³/mol. The Morgan fingerprint density at radius 1 is 1.13 bits per heavy atom. The maximum absolute atomic E-state index is 13.9. The summed E-state index contributed by atoms with van der Waals surface area (Å²) in [4.78, 5) is 36.3. The quantitative estimate of drug-likeness (QED) is 0.288. The number of morpholine rings is 1. The molecule has 202 valence electrons. The summed E-state index contributed by atoms with van der Waals surface area (Å²) >= 11 is 1.42. The van der Waals surface area contributed by atoms with E-state index in [0.29, 0.717) is 22.9 Å². The van der Waals surface area contributed by atoms with Crippen molar-refractivity contribution in [2.45, 2.75) is 25.7 Å². The molecular weight excluding hydrogens is 506 g/mol. The van der Waals surface area contributed by atoms with Crippen molar-refractivity contribution in [1.29, 1.82) is 0 Å². The highest BCUT2D eigenvalue weighted by Crippen LogP contribution is 2.35. The van der Waals surface area contributed by atoms with Gasteiger partial charge in [0, 0.05) is 50.9 Å². The molecule has 1 aromatic heterocycles. The molecule has 0 aliphatic carbocycles. The Hall–Kier alpha value is -3.28. The van der Waals surface area contributed by atoms with E-state index in [0.717, 1.165) is 87.6 Å². The molecule has 38 heavy (non-hydrogen) atoms. The monoisotopic (exact) mass is 539 g/mol. The molecular formula is C27H33N5O5S. The zero-order chi connectivity index (χ0) is 26.5. The highest BCUT2D eigenvalue weighted by Gasteiger charge is 2.27. The van der Waals surface area contributed by atoms with Gasteiger partial charge in [0.1, 0.15) is 11.4 Å². The number of nitrogens with zero attached hydrogens (tertiary/aromatic N) is 5. The van der Waals surface area contributed by atoms with Gasteiger partial charge in [-0.15, -0.1) is 0 Å². The zero-order valence-electron chi connectivity index (χ0n) is 21.6. The van der Waals surface area contributed by atoms with E-state index in [-0.39, 0.29) is 16.5 Å². The zero-order valence-corrected chi connectivity index (χ0v) is 22.5. The van der Waals surface area contributed by atoms with Crippen LogP contribution in [0.5, 0.6) is 5.75 Å². The number of amides is 1. The fraction of sp³-hybridized carbons (Fsp3) is 0.481. The van der Waals surface area contributed by atoms with Crippen LogP contribution in [0.2, 0.25) is 0 Å². The minimum absolute atomic E-state index is 0.0277. The Labute approximate surface area is 225 Å². The van der Waals surface area contributed by atoms with Crippen LogP contribution in [0.25, 0.3) is 10.2 Å². The van der Waals surface area contributed by atoms with Crippen LogP contribution in [0.1, 0.15) is 36.0 Å². The molecule has 2 fully saturated rings. The summed E-state index contributed by atoms with van der Waals surface area (Å²) in [6, 6.07) is 10.5. The SMILES string of the molecule is COc1ccc2nc(N(CCCN3CCOCC3)C(=O)c3ccc(N4CCCCC4)c([N+](=O)[O-])c3)sc2c1. The Balaban J connectivity index is 1.43. The molecule has 0 bridgehead atoms. The van der Waals surface area contributed by atoms with Gasteiger partial charge >= 0.3 is 0 Å². The summed E-state index contributed by atoms with van der Waals surface area (Å²) in [5, 5.41) is 12.6. The van der Waals surface area contributed by atoms with Gasteiger partial charge < -0.3 is 14.4 Å². The first-order valence-corrected chi connectivity index (χ1v) is 13.9. The first kappa shape index (κ1) is 26.3. The maximum atomic E-state index is 13.9. The van der Waals surface area contributed by atoms with Crippen LogP contribution >= 0.6 is 11.3 Å². The van der Waals surface area contributed by atoms with Gasteiger partial charge in [0.2, 0.25) is 0 Å². The molecule has 0 radical (unpaired) electrons. The van der Waals surface area contributed by atoms with Gasteiger partial charge in [-0.2, -0.15) is 0 Å². The minimum Gasteiger partial charge on any atom is -0.497 e. The largest absolute Gasteiger partial charge is 0.497 e. The van der Waals surface area contributed by atoms with Crippen LogP contribution in [0.15, 0.2) is 36.4 Å². The number of carbonyl (C=O) groups is 1. The van der Waals surface area contributed by atoms with Gasteiger partial charge in [-0.3, -0.25) is 24.7 Å². The highest BCUT2D eigenvalue weighted by molar-refractivity contribution is 7.22.